The van der Waals surface area contributed by atoms with Crippen LogP contribution < -0.4 is 0 Å². The van der Waals surface area contributed by atoms with E-state index >= 15 is 0 Å². The van der Waals surface area contributed by atoms with Crippen LogP contribution in [0.1, 0.15) is 65.7 Å². The van der Waals surface area contributed by atoms with Crippen LogP contribution >= 0.6 is 0 Å². The molecule has 0 heterocycles. The highest BCUT2D eigenvalue weighted by molar-refractivity contribution is 5.86. The molecule has 0 amide bonds. The summed E-state index contributed by atoms with van der Waals surface area (Å²) < 4.78 is 5.15. The van der Waals surface area contributed by atoms with Crippen molar-refractivity contribution in [1.29, 1.82) is 0 Å². The number of methoxy groups -OCH3 is 1. The van der Waals surface area contributed by atoms with Crippen LogP contribution in [0.4, 0.5) is 0 Å². The summed E-state index contributed by atoms with van der Waals surface area (Å²) in [5.74, 6) is 0.223. The molecule has 0 aliphatic carbocycles. The number of ketones is 1. The van der Waals surface area contributed by atoms with E-state index in [1.165, 1.54) is 32.1 Å². The van der Waals surface area contributed by atoms with E-state index in [1.54, 1.807) is 7.11 Å². The molecule has 0 atom stereocenters. The molecule has 0 aromatic carbocycles. The first-order chi connectivity index (χ1) is 7.04. The van der Waals surface area contributed by atoms with E-state index in [0.29, 0.717) is 6.42 Å². The van der Waals surface area contributed by atoms with Crippen molar-refractivity contribution in [3.8, 4) is 0 Å². The summed E-state index contributed by atoms with van der Waals surface area (Å²) in [6, 6.07) is 0. The van der Waals surface area contributed by atoms with Crippen molar-refractivity contribution >= 4 is 5.78 Å². The van der Waals surface area contributed by atoms with Gasteiger partial charge in [0.1, 0.15) is 5.60 Å². The smallest absolute Gasteiger partial charge is 0.164 e. The molecule has 0 aromatic rings. The van der Waals surface area contributed by atoms with Gasteiger partial charge in [-0.3, -0.25) is 4.79 Å². The number of ether oxygens (including phenoxy) is 1. The number of carbonyl (C=O) groups excluding carboxylic acids is 1. The van der Waals surface area contributed by atoms with Crippen LogP contribution in [0, 0.1) is 0 Å². The van der Waals surface area contributed by atoms with Gasteiger partial charge in [-0.15, -0.1) is 0 Å². The second kappa shape index (κ2) is 7.86. The molecule has 2 heteroatoms. The molecule has 0 aromatic heterocycles. The molecule has 0 bridgehead atoms. The molecular weight excluding hydrogens is 188 g/mol. The zero-order valence-electron chi connectivity index (χ0n) is 10.8. The van der Waals surface area contributed by atoms with Crippen LogP contribution in [0.2, 0.25) is 0 Å². The second-order valence-electron chi connectivity index (χ2n) is 4.66. The minimum absolute atomic E-state index is 0.223. The third kappa shape index (κ3) is 6.67. The molecular formula is C13H26O2. The number of rotatable bonds is 9. The molecule has 0 aliphatic rings. The quantitative estimate of drug-likeness (QED) is 0.547. The second-order valence-corrected chi connectivity index (χ2v) is 4.66. The fourth-order valence-electron chi connectivity index (χ4n) is 1.48. The van der Waals surface area contributed by atoms with Crippen molar-refractivity contribution in [3.63, 3.8) is 0 Å². The van der Waals surface area contributed by atoms with Crippen LogP contribution in [0.25, 0.3) is 0 Å². The lowest BCUT2D eigenvalue weighted by Gasteiger charge is -2.20. The number of hydrogen-bond acceptors (Lipinski definition) is 2. The number of unbranched alkanes of at least 4 members (excludes halogenated alkanes) is 5. The lowest BCUT2D eigenvalue weighted by atomic mass is 9.97. The molecule has 0 spiro atoms. The van der Waals surface area contributed by atoms with Crippen LogP contribution in [0.5, 0.6) is 0 Å². The first-order valence-electron chi connectivity index (χ1n) is 6.13. The van der Waals surface area contributed by atoms with E-state index < -0.39 is 5.60 Å². The van der Waals surface area contributed by atoms with Gasteiger partial charge in [0.2, 0.25) is 0 Å². The highest BCUT2D eigenvalue weighted by atomic mass is 16.5. The SMILES string of the molecule is CCCCCCCCC(=O)C(C)(C)OC. The third-order valence-corrected chi connectivity index (χ3v) is 2.94. The van der Waals surface area contributed by atoms with Gasteiger partial charge in [-0.1, -0.05) is 39.0 Å². The summed E-state index contributed by atoms with van der Waals surface area (Å²) in [7, 11) is 1.60. The maximum absolute atomic E-state index is 11.7. The van der Waals surface area contributed by atoms with Crippen molar-refractivity contribution in [2.45, 2.75) is 71.3 Å². The van der Waals surface area contributed by atoms with Gasteiger partial charge in [0, 0.05) is 13.5 Å². The van der Waals surface area contributed by atoms with Crippen LogP contribution in [0.15, 0.2) is 0 Å². The van der Waals surface area contributed by atoms with E-state index in [1.807, 2.05) is 13.8 Å². The Bertz CT molecular complexity index is 173. The van der Waals surface area contributed by atoms with E-state index in [4.69, 9.17) is 4.74 Å². The molecule has 15 heavy (non-hydrogen) atoms. The van der Waals surface area contributed by atoms with E-state index in [-0.39, 0.29) is 5.78 Å². The number of hydrogen-bond donors (Lipinski definition) is 0. The molecule has 90 valence electrons. The maximum atomic E-state index is 11.7. The maximum Gasteiger partial charge on any atom is 0.164 e. The number of carbonyl (C=O) groups is 1. The Morgan fingerprint density at radius 3 is 2.13 bits per heavy atom. The molecule has 0 unspecified atom stereocenters. The topological polar surface area (TPSA) is 26.3 Å². The van der Waals surface area contributed by atoms with Gasteiger partial charge in [0.25, 0.3) is 0 Å². The lowest BCUT2D eigenvalue weighted by Crippen LogP contribution is -2.33. The Hall–Kier alpha value is -0.370. The predicted octanol–water partition coefficient (Wildman–Crippen LogP) is 3.73. The molecule has 0 saturated carbocycles. The van der Waals surface area contributed by atoms with Crippen molar-refractivity contribution in [2.24, 2.45) is 0 Å². The van der Waals surface area contributed by atoms with Crippen LogP contribution in [-0.4, -0.2) is 18.5 Å². The summed E-state index contributed by atoms with van der Waals surface area (Å²) >= 11 is 0. The molecule has 0 radical (unpaired) electrons. The van der Waals surface area contributed by atoms with Crippen LogP contribution in [-0.2, 0) is 9.53 Å². The van der Waals surface area contributed by atoms with Gasteiger partial charge in [0.15, 0.2) is 5.78 Å². The fourth-order valence-corrected chi connectivity index (χ4v) is 1.48. The Kier molecular flexibility index (Phi) is 7.67. The monoisotopic (exact) mass is 214 g/mol. The summed E-state index contributed by atoms with van der Waals surface area (Å²) in [5.41, 5.74) is -0.594. The lowest BCUT2D eigenvalue weighted by molar-refractivity contribution is -0.137. The molecule has 2 nitrogen and oxygen atoms in total. The van der Waals surface area contributed by atoms with Crippen molar-refractivity contribution in [3.05, 3.63) is 0 Å². The summed E-state index contributed by atoms with van der Waals surface area (Å²) in [5, 5.41) is 0. The molecule has 0 aliphatic heterocycles. The Morgan fingerprint density at radius 2 is 1.60 bits per heavy atom. The first-order valence-corrected chi connectivity index (χ1v) is 6.13. The Labute approximate surface area is 94.4 Å². The normalized spacial score (nSPS) is 11.7. The minimum Gasteiger partial charge on any atom is -0.371 e. The van der Waals surface area contributed by atoms with Gasteiger partial charge >= 0.3 is 0 Å². The van der Waals surface area contributed by atoms with Crippen LogP contribution in [0.3, 0.4) is 0 Å². The molecule has 0 N–H and O–H groups in total. The molecule has 0 saturated heterocycles. The van der Waals surface area contributed by atoms with E-state index in [2.05, 4.69) is 6.92 Å². The van der Waals surface area contributed by atoms with Gasteiger partial charge in [-0.05, 0) is 20.3 Å². The highest BCUT2D eigenvalue weighted by Gasteiger charge is 2.25. The van der Waals surface area contributed by atoms with Crippen molar-refractivity contribution in [1.82, 2.24) is 0 Å². The van der Waals surface area contributed by atoms with E-state index in [0.717, 1.165) is 6.42 Å². The fraction of sp³-hybridized carbons (Fsp3) is 0.923. The molecule has 0 fully saturated rings. The summed E-state index contributed by atoms with van der Waals surface area (Å²) in [4.78, 5) is 11.7. The predicted molar refractivity (Wildman–Crippen MR) is 64.1 cm³/mol. The first kappa shape index (κ1) is 14.6. The average molecular weight is 214 g/mol. The molecule has 0 rings (SSSR count). The third-order valence-electron chi connectivity index (χ3n) is 2.94. The number of Topliss-reactive ketones (excluding diaryl/α,β-unsaturated/α-hetero) is 1. The standard InChI is InChI=1S/C13H26O2/c1-5-6-7-8-9-10-11-12(14)13(2,3)15-4/h5-11H2,1-4H3. The minimum atomic E-state index is -0.594. The van der Waals surface area contributed by atoms with Crippen molar-refractivity contribution in [2.75, 3.05) is 7.11 Å². The largest absolute Gasteiger partial charge is 0.371 e. The van der Waals surface area contributed by atoms with E-state index in [9.17, 15) is 4.79 Å². The van der Waals surface area contributed by atoms with Gasteiger partial charge in [-0.25, -0.2) is 0 Å². The van der Waals surface area contributed by atoms with Gasteiger partial charge in [-0.2, -0.15) is 0 Å². The Morgan fingerprint density at radius 1 is 1.07 bits per heavy atom. The van der Waals surface area contributed by atoms with Crippen molar-refractivity contribution < 1.29 is 9.53 Å². The highest BCUT2D eigenvalue weighted by Crippen LogP contribution is 2.15. The average Bonchev–Trinajstić information content (AvgIpc) is 2.22. The van der Waals surface area contributed by atoms with Gasteiger partial charge < -0.3 is 4.74 Å². The summed E-state index contributed by atoms with van der Waals surface area (Å²) in [6.07, 6.45) is 7.99. The zero-order valence-corrected chi connectivity index (χ0v) is 10.8. The zero-order chi connectivity index (χ0) is 11.7. The Balaban J connectivity index is 3.47. The summed E-state index contributed by atoms with van der Waals surface area (Å²) in [6.45, 7) is 5.89. The van der Waals surface area contributed by atoms with Gasteiger partial charge in [0.05, 0.1) is 0 Å².